The van der Waals surface area contributed by atoms with E-state index in [1.54, 1.807) is 6.82 Å². The van der Waals surface area contributed by atoms with Gasteiger partial charge in [-0.05, 0) is 57.8 Å². The molecule has 0 atom stereocenters. The van der Waals surface area contributed by atoms with Gasteiger partial charge in [0.05, 0.1) is 5.41 Å². The van der Waals surface area contributed by atoms with Crippen molar-refractivity contribution in [3.63, 3.8) is 0 Å². The van der Waals surface area contributed by atoms with E-state index in [1.165, 1.54) is 43.2 Å². The molecule has 0 radical (unpaired) electrons. The van der Waals surface area contributed by atoms with Crippen molar-refractivity contribution in [3.05, 3.63) is 113 Å². The molecule has 0 saturated heterocycles. The summed E-state index contributed by atoms with van der Waals surface area (Å²) in [7, 11) is 0. The van der Waals surface area contributed by atoms with Crippen LogP contribution in [-0.2, 0) is 5.41 Å². The molecule has 0 nitrogen and oxygen atoms in total. The van der Waals surface area contributed by atoms with E-state index in [0.717, 1.165) is 5.46 Å². The van der Waals surface area contributed by atoms with E-state index >= 15 is 0 Å². The van der Waals surface area contributed by atoms with Crippen molar-refractivity contribution in [2.45, 2.75) is 22.0 Å². The zero-order valence-corrected chi connectivity index (χ0v) is 16.8. The van der Waals surface area contributed by atoms with Crippen LogP contribution in [0.1, 0.15) is 22.3 Å². The number of hydrogen-bond donors (Lipinski definition) is 0. The summed E-state index contributed by atoms with van der Waals surface area (Å²) in [6, 6.07) is 32.2. The van der Waals surface area contributed by atoms with Crippen molar-refractivity contribution in [2.75, 3.05) is 0 Å². The summed E-state index contributed by atoms with van der Waals surface area (Å²) < 4.78 is 14.4. The summed E-state index contributed by atoms with van der Waals surface area (Å²) in [5.74, 6) is 0. The van der Waals surface area contributed by atoms with Gasteiger partial charge in [-0.15, -0.1) is 0 Å². The first-order valence-corrected chi connectivity index (χ1v) is 10.8. The average molecular weight is 392 g/mol. The lowest BCUT2D eigenvalue weighted by Gasteiger charge is -2.39. The van der Waals surface area contributed by atoms with Gasteiger partial charge in [-0.2, -0.15) is 0 Å². The number of rotatable bonds is 1. The van der Waals surface area contributed by atoms with Crippen molar-refractivity contribution < 1.29 is 4.32 Å². The van der Waals surface area contributed by atoms with Crippen LogP contribution in [0.5, 0.6) is 0 Å². The van der Waals surface area contributed by atoms with Gasteiger partial charge >= 0.3 is 6.99 Å². The van der Waals surface area contributed by atoms with Gasteiger partial charge in [0.25, 0.3) is 0 Å². The molecule has 1 aliphatic heterocycles. The van der Waals surface area contributed by atoms with E-state index in [1.807, 2.05) is 17.8 Å². The summed E-state index contributed by atoms with van der Waals surface area (Å²) in [6.07, 6.45) is 0. The molecule has 0 unspecified atom stereocenters. The smallest absolute Gasteiger partial charge is 0.330 e. The van der Waals surface area contributed by atoms with Crippen LogP contribution in [0.25, 0.3) is 11.1 Å². The lowest BCUT2D eigenvalue weighted by Crippen LogP contribution is -2.33. The van der Waals surface area contributed by atoms with Crippen LogP contribution in [0.4, 0.5) is 4.32 Å². The Morgan fingerprint density at radius 1 is 0.655 bits per heavy atom. The lowest BCUT2D eigenvalue weighted by molar-refractivity contribution is 0.722. The molecule has 2 aliphatic rings. The van der Waals surface area contributed by atoms with Gasteiger partial charge in [0, 0.05) is 9.79 Å². The average Bonchev–Trinajstić information content (AvgIpc) is 3.05. The molecule has 0 N–H and O–H groups in total. The second-order valence-corrected chi connectivity index (χ2v) is 8.89. The monoisotopic (exact) mass is 392 g/mol. The highest BCUT2D eigenvalue weighted by atomic mass is 32.2. The normalized spacial score (nSPS) is 14.7. The summed E-state index contributed by atoms with van der Waals surface area (Å²) in [5, 5.41) is 0. The van der Waals surface area contributed by atoms with Crippen molar-refractivity contribution in [1.29, 1.82) is 0 Å². The standard InChI is InChI=1S/C26H18BFS/c1-27(28)17-14-15-19-18-8-2-3-9-20(18)26(23(19)16-17)21-10-4-6-12-24(21)29-25-13-7-5-11-22(25)26/h2-16H,1H3. The third-order valence-corrected chi connectivity index (χ3v) is 7.48. The minimum absolute atomic E-state index is 0.407. The Balaban J connectivity index is 1.83. The van der Waals surface area contributed by atoms with Gasteiger partial charge in [-0.1, -0.05) is 90.6 Å². The highest BCUT2D eigenvalue weighted by Crippen LogP contribution is 2.61. The van der Waals surface area contributed by atoms with Crippen LogP contribution >= 0.6 is 11.8 Å². The van der Waals surface area contributed by atoms with Gasteiger partial charge in [0.1, 0.15) is 0 Å². The van der Waals surface area contributed by atoms with E-state index in [-0.39, 0.29) is 0 Å². The van der Waals surface area contributed by atoms with Gasteiger partial charge < -0.3 is 4.32 Å². The summed E-state index contributed by atoms with van der Waals surface area (Å²) in [6.45, 7) is 0.624. The third kappa shape index (κ3) is 2.17. The number of fused-ring (bicyclic) bond motifs is 9. The summed E-state index contributed by atoms with van der Waals surface area (Å²) >= 11 is 1.83. The van der Waals surface area contributed by atoms with E-state index in [9.17, 15) is 4.32 Å². The van der Waals surface area contributed by atoms with Crippen LogP contribution in [0.15, 0.2) is 101 Å². The molecule has 138 valence electrons. The molecule has 4 aromatic carbocycles. The lowest BCUT2D eigenvalue weighted by atomic mass is 9.63. The van der Waals surface area contributed by atoms with Gasteiger partial charge in [0.2, 0.25) is 0 Å². The maximum absolute atomic E-state index is 14.4. The minimum Gasteiger partial charge on any atom is -0.330 e. The van der Waals surface area contributed by atoms with Crippen LogP contribution in [-0.4, -0.2) is 6.99 Å². The van der Waals surface area contributed by atoms with Crippen LogP contribution < -0.4 is 5.46 Å². The molecular weight excluding hydrogens is 374 g/mol. The molecule has 1 spiro atoms. The fourth-order valence-electron chi connectivity index (χ4n) is 5.12. The summed E-state index contributed by atoms with van der Waals surface area (Å²) in [4.78, 5) is 2.54. The number of benzene rings is 4. The second kappa shape index (κ2) is 6.11. The van der Waals surface area contributed by atoms with Crippen LogP contribution in [0.2, 0.25) is 6.82 Å². The second-order valence-electron chi connectivity index (χ2n) is 7.81. The molecule has 1 heterocycles. The van der Waals surface area contributed by atoms with Gasteiger partial charge in [-0.25, -0.2) is 0 Å². The van der Waals surface area contributed by atoms with E-state index < -0.39 is 12.4 Å². The van der Waals surface area contributed by atoms with E-state index in [4.69, 9.17) is 0 Å². The zero-order valence-electron chi connectivity index (χ0n) is 16.0. The maximum Gasteiger partial charge on any atom is 0.377 e. The first-order valence-electron chi connectivity index (χ1n) is 9.96. The van der Waals surface area contributed by atoms with Gasteiger partial charge in [-0.3, -0.25) is 0 Å². The maximum atomic E-state index is 14.4. The molecule has 3 heteroatoms. The minimum atomic E-state index is -0.996. The van der Waals surface area contributed by atoms with Crippen molar-refractivity contribution in [3.8, 4) is 11.1 Å². The molecule has 0 aromatic heterocycles. The molecule has 29 heavy (non-hydrogen) atoms. The Kier molecular flexibility index (Phi) is 3.61. The summed E-state index contributed by atoms with van der Waals surface area (Å²) in [5.41, 5.74) is 7.86. The molecule has 6 rings (SSSR count). The highest BCUT2D eigenvalue weighted by Gasteiger charge is 2.50. The molecule has 0 fully saturated rings. The topological polar surface area (TPSA) is 0 Å². The Hall–Kier alpha value is -2.78. The molecule has 1 aliphatic carbocycles. The van der Waals surface area contributed by atoms with Gasteiger partial charge in [0.15, 0.2) is 0 Å². The molecule has 0 bridgehead atoms. The Bertz CT molecular complexity index is 1230. The predicted octanol–water partition coefficient (Wildman–Crippen LogP) is 6.31. The van der Waals surface area contributed by atoms with E-state index in [2.05, 4.69) is 84.9 Å². The Morgan fingerprint density at radius 3 is 1.86 bits per heavy atom. The fourth-order valence-corrected chi connectivity index (χ4v) is 6.31. The SMILES string of the molecule is CB(F)c1ccc2c(c1)C1(c3ccccc3Sc3ccccc31)c1ccccc1-2. The van der Waals surface area contributed by atoms with Crippen molar-refractivity contribution in [2.24, 2.45) is 0 Å². The van der Waals surface area contributed by atoms with Crippen molar-refractivity contribution in [1.82, 2.24) is 0 Å². The van der Waals surface area contributed by atoms with E-state index in [0.29, 0.717) is 0 Å². The van der Waals surface area contributed by atoms with Crippen LogP contribution in [0, 0.1) is 0 Å². The molecule has 0 saturated carbocycles. The van der Waals surface area contributed by atoms with Crippen LogP contribution in [0.3, 0.4) is 0 Å². The third-order valence-electron chi connectivity index (χ3n) is 6.33. The molecule has 0 amide bonds. The first-order chi connectivity index (χ1) is 14.2. The highest BCUT2D eigenvalue weighted by molar-refractivity contribution is 7.99. The molecular formula is C26H18BFS. The fraction of sp³-hybridized carbons (Fsp3) is 0.0769. The van der Waals surface area contributed by atoms with Crippen molar-refractivity contribution >= 4 is 24.2 Å². The molecule has 4 aromatic rings. The zero-order chi connectivity index (χ0) is 19.6. The largest absolute Gasteiger partial charge is 0.377 e. The number of hydrogen-bond acceptors (Lipinski definition) is 1. The predicted molar refractivity (Wildman–Crippen MR) is 120 cm³/mol. The Labute approximate surface area is 174 Å². The first kappa shape index (κ1) is 17.1. The number of halogens is 1. The quantitative estimate of drug-likeness (QED) is 0.296. The Morgan fingerprint density at radius 2 is 1.21 bits per heavy atom.